The maximum Gasteiger partial charge on any atom is 0.332 e. The lowest BCUT2D eigenvalue weighted by atomic mass is 10.2. The van der Waals surface area contributed by atoms with E-state index in [-0.39, 0.29) is 0 Å². The fraction of sp³-hybridized carbons (Fsp3) is 0.300. The molecule has 0 heterocycles. The highest BCUT2D eigenvalue weighted by molar-refractivity contribution is 9.10. The zero-order valence-corrected chi connectivity index (χ0v) is 9.32. The summed E-state index contributed by atoms with van der Waals surface area (Å²) >= 11 is 3.36. The van der Waals surface area contributed by atoms with E-state index in [9.17, 15) is 4.79 Å². The molecule has 1 aromatic carbocycles. The van der Waals surface area contributed by atoms with Gasteiger partial charge in [0.15, 0.2) is 6.10 Å². The van der Waals surface area contributed by atoms with Crippen LogP contribution in [0, 0.1) is 0 Å². The number of hydrogen-bond donors (Lipinski definition) is 1. The van der Waals surface area contributed by atoms with Crippen LogP contribution in [0.15, 0.2) is 28.7 Å². The van der Waals surface area contributed by atoms with E-state index < -0.39 is 12.1 Å². The Morgan fingerprint density at radius 2 is 2.21 bits per heavy atom. The second-order valence-corrected chi connectivity index (χ2v) is 3.74. The fourth-order valence-electron chi connectivity index (χ4n) is 0.902. The van der Waals surface area contributed by atoms with Gasteiger partial charge in [-0.05, 0) is 18.6 Å². The standard InChI is InChI=1S/C10H11BrO3/c1-7(10(12)13)14-6-8-4-2-3-5-9(8)11/h2-5,7H,6H2,1H3,(H,12,13). The van der Waals surface area contributed by atoms with E-state index in [4.69, 9.17) is 9.84 Å². The second kappa shape index (κ2) is 5.12. The summed E-state index contributed by atoms with van der Waals surface area (Å²) in [5.41, 5.74) is 0.945. The van der Waals surface area contributed by atoms with Crippen LogP contribution in [-0.2, 0) is 16.1 Å². The molecule has 0 amide bonds. The van der Waals surface area contributed by atoms with Crippen molar-refractivity contribution in [2.24, 2.45) is 0 Å². The van der Waals surface area contributed by atoms with Crippen molar-refractivity contribution in [2.45, 2.75) is 19.6 Å². The predicted molar refractivity (Wildman–Crippen MR) is 56.0 cm³/mol. The van der Waals surface area contributed by atoms with Crippen LogP contribution in [0.2, 0.25) is 0 Å². The molecule has 1 aromatic rings. The van der Waals surface area contributed by atoms with Crippen molar-refractivity contribution in [1.82, 2.24) is 0 Å². The summed E-state index contributed by atoms with van der Waals surface area (Å²) in [6.45, 7) is 1.81. The van der Waals surface area contributed by atoms with E-state index in [1.54, 1.807) is 0 Å². The first-order chi connectivity index (χ1) is 6.61. The quantitative estimate of drug-likeness (QED) is 0.903. The molecule has 0 saturated heterocycles. The minimum Gasteiger partial charge on any atom is -0.479 e. The molecule has 1 unspecified atom stereocenters. The predicted octanol–water partition coefficient (Wildman–Crippen LogP) is 2.44. The SMILES string of the molecule is CC(OCc1ccccc1Br)C(=O)O. The number of halogens is 1. The number of ether oxygens (including phenoxy) is 1. The Morgan fingerprint density at radius 3 is 2.79 bits per heavy atom. The van der Waals surface area contributed by atoms with Gasteiger partial charge in [0.25, 0.3) is 0 Å². The Bertz CT molecular complexity index is 325. The van der Waals surface area contributed by atoms with Crippen molar-refractivity contribution >= 4 is 21.9 Å². The maximum absolute atomic E-state index is 10.5. The normalized spacial score (nSPS) is 12.4. The first-order valence-corrected chi connectivity index (χ1v) is 4.98. The monoisotopic (exact) mass is 258 g/mol. The highest BCUT2D eigenvalue weighted by atomic mass is 79.9. The van der Waals surface area contributed by atoms with Crippen LogP contribution in [0.1, 0.15) is 12.5 Å². The Hall–Kier alpha value is -0.870. The van der Waals surface area contributed by atoms with Crippen molar-refractivity contribution in [3.05, 3.63) is 34.3 Å². The van der Waals surface area contributed by atoms with Crippen molar-refractivity contribution < 1.29 is 14.6 Å². The molecule has 4 heteroatoms. The molecule has 76 valence electrons. The van der Waals surface area contributed by atoms with Gasteiger partial charge in [0.05, 0.1) is 6.61 Å². The summed E-state index contributed by atoms with van der Waals surface area (Å²) in [6, 6.07) is 7.56. The van der Waals surface area contributed by atoms with Gasteiger partial charge >= 0.3 is 5.97 Å². The molecule has 0 fully saturated rings. The third-order valence-corrected chi connectivity index (χ3v) is 2.57. The molecule has 0 aliphatic rings. The van der Waals surface area contributed by atoms with Crippen molar-refractivity contribution in [1.29, 1.82) is 0 Å². The number of carboxylic acid groups (broad SMARTS) is 1. The van der Waals surface area contributed by atoms with E-state index in [1.165, 1.54) is 6.92 Å². The molecule has 14 heavy (non-hydrogen) atoms. The molecule has 0 spiro atoms. The molecular formula is C10H11BrO3. The van der Waals surface area contributed by atoms with Crippen LogP contribution >= 0.6 is 15.9 Å². The zero-order chi connectivity index (χ0) is 10.6. The van der Waals surface area contributed by atoms with Crippen LogP contribution in [0.3, 0.4) is 0 Å². The lowest BCUT2D eigenvalue weighted by Gasteiger charge is -2.09. The fourth-order valence-corrected chi connectivity index (χ4v) is 1.30. The van der Waals surface area contributed by atoms with Crippen molar-refractivity contribution in [2.75, 3.05) is 0 Å². The molecular weight excluding hydrogens is 248 g/mol. The van der Waals surface area contributed by atoms with E-state index in [0.29, 0.717) is 6.61 Å². The number of rotatable bonds is 4. The first-order valence-electron chi connectivity index (χ1n) is 4.19. The number of aliphatic carboxylic acids is 1. The number of benzene rings is 1. The van der Waals surface area contributed by atoms with Crippen LogP contribution in [0.5, 0.6) is 0 Å². The summed E-state index contributed by atoms with van der Waals surface area (Å²) in [7, 11) is 0. The van der Waals surface area contributed by atoms with Crippen molar-refractivity contribution in [3.8, 4) is 0 Å². The molecule has 0 aliphatic heterocycles. The lowest BCUT2D eigenvalue weighted by molar-refractivity contribution is -0.149. The van der Waals surface area contributed by atoms with Gasteiger partial charge in [-0.2, -0.15) is 0 Å². The third kappa shape index (κ3) is 3.12. The van der Waals surface area contributed by atoms with E-state index in [0.717, 1.165) is 10.0 Å². The molecule has 0 radical (unpaired) electrons. The van der Waals surface area contributed by atoms with E-state index in [2.05, 4.69) is 15.9 Å². The highest BCUT2D eigenvalue weighted by Crippen LogP contribution is 2.17. The van der Waals surface area contributed by atoms with E-state index >= 15 is 0 Å². The summed E-state index contributed by atoms with van der Waals surface area (Å²) in [5, 5.41) is 8.59. The molecule has 1 rings (SSSR count). The van der Waals surface area contributed by atoms with Crippen LogP contribution in [0.4, 0.5) is 0 Å². The largest absolute Gasteiger partial charge is 0.479 e. The van der Waals surface area contributed by atoms with Crippen LogP contribution < -0.4 is 0 Å². The summed E-state index contributed by atoms with van der Waals surface area (Å²) < 4.78 is 6.07. The first kappa shape index (κ1) is 11.2. The van der Waals surface area contributed by atoms with Gasteiger partial charge in [-0.3, -0.25) is 0 Å². The van der Waals surface area contributed by atoms with E-state index in [1.807, 2.05) is 24.3 Å². The Balaban J connectivity index is 2.54. The van der Waals surface area contributed by atoms with Gasteiger partial charge in [0, 0.05) is 4.47 Å². The number of hydrogen-bond acceptors (Lipinski definition) is 2. The van der Waals surface area contributed by atoms with Gasteiger partial charge in [0.1, 0.15) is 0 Å². The third-order valence-electron chi connectivity index (χ3n) is 1.79. The topological polar surface area (TPSA) is 46.5 Å². The summed E-state index contributed by atoms with van der Waals surface area (Å²) in [6.07, 6.45) is -0.776. The number of carboxylic acids is 1. The minimum absolute atomic E-state index is 0.300. The summed E-state index contributed by atoms with van der Waals surface area (Å²) in [5.74, 6) is -0.947. The molecule has 0 bridgehead atoms. The van der Waals surface area contributed by atoms with Gasteiger partial charge in [0.2, 0.25) is 0 Å². The smallest absolute Gasteiger partial charge is 0.332 e. The molecule has 0 aliphatic carbocycles. The Labute approximate surface area is 90.8 Å². The van der Waals surface area contributed by atoms with Gasteiger partial charge in [-0.25, -0.2) is 4.79 Å². The van der Waals surface area contributed by atoms with Crippen molar-refractivity contribution in [3.63, 3.8) is 0 Å². The Kier molecular flexibility index (Phi) is 4.10. The molecule has 3 nitrogen and oxygen atoms in total. The maximum atomic E-state index is 10.5. The van der Waals surface area contributed by atoms with Crippen LogP contribution in [-0.4, -0.2) is 17.2 Å². The van der Waals surface area contributed by atoms with Crippen LogP contribution in [0.25, 0.3) is 0 Å². The molecule has 1 atom stereocenters. The lowest BCUT2D eigenvalue weighted by Crippen LogP contribution is -2.19. The molecule has 1 N–H and O–H groups in total. The van der Waals surface area contributed by atoms with Gasteiger partial charge < -0.3 is 9.84 Å². The zero-order valence-electron chi connectivity index (χ0n) is 7.74. The average Bonchev–Trinajstić information content (AvgIpc) is 2.16. The molecule has 0 saturated carbocycles. The average molecular weight is 259 g/mol. The van der Waals surface area contributed by atoms with Gasteiger partial charge in [-0.15, -0.1) is 0 Å². The van der Waals surface area contributed by atoms with Gasteiger partial charge in [-0.1, -0.05) is 34.1 Å². The minimum atomic E-state index is -0.947. The Morgan fingerprint density at radius 1 is 1.57 bits per heavy atom. The summed E-state index contributed by atoms with van der Waals surface area (Å²) in [4.78, 5) is 10.5. The second-order valence-electron chi connectivity index (χ2n) is 2.88. The number of carbonyl (C=O) groups is 1. The highest BCUT2D eigenvalue weighted by Gasteiger charge is 2.11. The molecule has 0 aromatic heterocycles.